The minimum absolute atomic E-state index is 0.0174. The molecule has 0 aliphatic heterocycles. The lowest BCUT2D eigenvalue weighted by Gasteiger charge is -2.32. The van der Waals surface area contributed by atoms with Crippen molar-refractivity contribution < 1.29 is 63.0 Å². The summed E-state index contributed by atoms with van der Waals surface area (Å²) < 4.78 is 0. The third-order valence-electron chi connectivity index (χ3n) is 15.7. The van der Waals surface area contributed by atoms with Crippen LogP contribution < -0.4 is 76.5 Å². The van der Waals surface area contributed by atoms with Crippen molar-refractivity contribution in [2.75, 3.05) is 26.2 Å². The summed E-state index contributed by atoms with van der Waals surface area (Å²) in [5.41, 5.74) is 32.2. The first-order valence-electron chi connectivity index (χ1n) is 31.8. The molecular formula is C63H101N15O13. The number of nitrogens with one attached hydrogen (secondary N) is 10. The monoisotopic (exact) mass is 1280 g/mol. The van der Waals surface area contributed by atoms with Gasteiger partial charge in [0.05, 0.1) is 19.5 Å². The molecule has 91 heavy (non-hydrogen) atoms. The number of para-hydroxylation sites is 1. The number of hydrogen-bond donors (Lipinski definition) is 17. The standard InChI is InChI=1S/C63H101N15O13/c1-5-7-8-9-10-11-12-13-14-15-16-25-51(81)73-48(33-41-35-69-46-24-18-17-21-43(41)46)57(84)71-36-52(82)70-37-53(83)76-54(38(3)6-2)60(87)77-56(45(67)23-20-31-65)62(89)78-55(44(66)22-19-30-64)61(88)75-49(34-50(68)80)59(86)74-47(58(85)72-39(4)63(90)91)32-40-26-28-42(79)29-27-40/h17-18,21,24,26-29,35,38-39,44-45,47-49,54-56,69,79H,5-16,19-20,22-23,25,30-34,36-37,64-67H2,1-4H3,(H2,68,80)(H,70,82)(H,71,84)(H,72,85)(H,73,81)(H,74,86)(H,75,88)(H,76,83)(H,77,87)(H,78,89)(H,90,91)/t38-,39-,44?,45?,47-,48-,49-,54-,55-,56-/m0/s1. The predicted octanol–water partition coefficient (Wildman–Crippen LogP) is 0.144. The van der Waals surface area contributed by atoms with E-state index in [1.807, 2.05) is 24.3 Å². The first-order valence-corrected chi connectivity index (χ1v) is 31.8. The van der Waals surface area contributed by atoms with Crippen molar-refractivity contribution in [2.45, 2.75) is 210 Å². The van der Waals surface area contributed by atoms with Gasteiger partial charge in [0.2, 0.25) is 59.1 Å². The normalized spacial score (nSPS) is 14.5. The van der Waals surface area contributed by atoms with Crippen LogP contribution in [0.25, 0.3) is 10.9 Å². The molecule has 10 atom stereocenters. The lowest BCUT2D eigenvalue weighted by atomic mass is 9.96. The summed E-state index contributed by atoms with van der Waals surface area (Å²) in [6.07, 6.45) is 14.2. The van der Waals surface area contributed by atoms with Gasteiger partial charge in [0.25, 0.3) is 0 Å². The molecule has 0 radical (unpaired) electrons. The third kappa shape index (κ3) is 28.7. The number of rotatable bonds is 46. The van der Waals surface area contributed by atoms with Crippen molar-refractivity contribution in [2.24, 2.45) is 34.6 Å². The van der Waals surface area contributed by atoms with Gasteiger partial charge in [-0.3, -0.25) is 52.7 Å². The van der Waals surface area contributed by atoms with E-state index < -0.39 is 139 Å². The quantitative estimate of drug-likeness (QED) is 0.0335. The predicted molar refractivity (Wildman–Crippen MR) is 344 cm³/mol. The minimum Gasteiger partial charge on any atom is -0.508 e. The maximum atomic E-state index is 14.5. The highest BCUT2D eigenvalue weighted by Crippen LogP contribution is 2.20. The van der Waals surface area contributed by atoms with E-state index in [1.165, 1.54) is 69.7 Å². The van der Waals surface area contributed by atoms with Gasteiger partial charge < -0.3 is 91.7 Å². The molecule has 506 valence electrons. The highest BCUT2D eigenvalue weighted by Gasteiger charge is 2.38. The van der Waals surface area contributed by atoms with Crippen molar-refractivity contribution >= 4 is 75.9 Å². The number of fused-ring (bicyclic) bond motifs is 1. The molecule has 0 aliphatic rings. The van der Waals surface area contributed by atoms with Gasteiger partial charge in [0.15, 0.2) is 0 Å². The number of benzene rings is 2. The molecule has 3 aromatic rings. The number of hydrogen-bond acceptors (Lipinski definition) is 16. The molecule has 0 saturated carbocycles. The number of amides is 10. The SMILES string of the molecule is CCCCCCCCCCCCCC(=O)N[C@@H](Cc1c[nH]c2ccccc12)C(=O)NCC(=O)NCC(=O)N[C@H](C(=O)N[C@H](C(=O)N[C@H](C(=O)N[C@@H](CC(N)=O)C(=O)N[C@@H](Cc1ccc(O)cc1)C(=O)N[C@@H](C)C(=O)O)C(N)CCCN)C(N)CCCN)[C@@H](C)CC. The highest BCUT2D eigenvalue weighted by atomic mass is 16.4. The molecule has 0 fully saturated rings. The number of H-pyrrole nitrogens is 1. The summed E-state index contributed by atoms with van der Waals surface area (Å²) in [5, 5.41) is 42.8. The van der Waals surface area contributed by atoms with Gasteiger partial charge in [-0.05, 0) is 87.4 Å². The Balaban J connectivity index is 1.75. The van der Waals surface area contributed by atoms with Crippen molar-refractivity contribution in [3.05, 3.63) is 65.9 Å². The summed E-state index contributed by atoms with van der Waals surface area (Å²) in [6, 6.07) is 0.186. The average molecular weight is 1280 g/mol. The Morgan fingerprint density at radius 2 is 1.04 bits per heavy atom. The molecule has 10 amide bonds. The first-order chi connectivity index (χ1) is 43.4. The van der Waals surface area contributed by atoms with E-state index in [-0.39, 0.29) is 69.7 Å². The number of carboxylic acids is 1. The van der Waals surface area contributed by atoms with Crippen LogP contribution in [0.5, 0.6) is 5.75 Å². The summed E-state index contributed by atoms with van der Waals surface area (Å²) >= 11 is 0. The topological polar surface area (TPSA) is 482 Å². The van der Waals surface area contributed by atoms with Crippen LogP contribution in [0, 0.1) is 5.92 Å². The van der Waals surface area contributed by atoms with Crippen molar-refractivity contribution in [1.82, 2.24) is 52.8 Å². The molecule has 22 N–H and O–H groups in total. The molecule has 28 heteroatoms. The lowest BCUT2D eigenvalue weighted by Crippen LogP contribution is -2.66. The van der Waals surface area contributed by atoms with Crippen LogP contribution in [0.4, 0.5) is 0 Å². The molecule has 3 rings (SSSR count). The van der Waals surface area contributed by atoms with Gasteiger partial charge in [-0.15, -0.1) is 0 Å². The van der Waals surface area contributed by atoms with Crippen LogP contribution in [0.2, 0.25) is 0 Å². The first kappa shape index (κ1) is 77.0. The molecule has 0 bridgehead atoms. The fourth-order valence-corrected chi connectivity index (χ4v) is 10.1. The molecule has 1 heterocycles. The van der Waals surface area contributed by atoms with Crippen molar-refractivity contribution in [3.8, 4) is 5.75 Å². The molecule has 0 spiro atoms. The second kappa shape index (κ2) is 42.0. The Hall–Kier alpha value is -8.21. The number of aliphatic carboxylic acids is 1. The van der Waals surface area contributed by atoms with Gasteiger partial charge in [0, 0.05) is 48.4 Å². The maximum Gasteiger partial charge on any atom is 0.325 e. The number of aromatic nitrogens is 1. The smallest absolute Gasteiger partial charge is 0.325 e. The zero-order chi connectivity index (χ0) is 67.4. The van der Waals surface area contributed by atoms with E-state index in [4.69, 9.17) is 28.7 Å². The number of carbonyl (C=O) groups is 11. The molecule has 2 aromatic carbocycles. The number of nitrogens with two attached hydrogens (primary N) is 5. The molecular weight excluding hydrogens is 1170 g/mol. The van der Waals surface area contributed by atoms with Gasteiger partial charge in [0.1, 0.15) is 48.0 Å². The molecule has 1 aromatic heterocycles. The second-order valence-electron chi connectivity index (χ2n) is 23.3. The minimum atomic E-state index is -1.81. The van der Waals surface area contributed by atoms with E-state index in [0.29, 0.717) is 18.4 Å². The maximum absolute atomic E-state index is 14.5. The van der Waals surface area contributed by atoms with Gasteiger partial charge >= 0.3 is 5.97 Å². The molecule has 2 unspecified atom stereocenters. The number of aromatic amines is 1. The van der Waals surface area contributed by atoms with Crippen molar-refractivity contribution in [3.63, 3.8) is 0 Å². The molecule has 28 nitrogen and oxygen atoms in total. The zero-order valence-electron chi connectivity index (χ0n) is 53.2. The number of carbonyl (C=O) groups excluding carboxylic acids is 10. The number of unbranched alkanes of at least 4 members (excludes halogenated alkanes) is 10. The van der Waals surface area contributed by atoms with Crippen LogP contribution in [-0.4, -0.2) is 161 Å². The Bertz CT molecular complexity index is 2820. The van der Waals surface area contributed by atoms with Gasteiger partial charge in [-0.25, -0.2) is 0 Å². The van der Waals surface area contributed by atoms with Crippen molar-refractivity contribution in [1.29, 1.82) is 0 Å². The second-order valence-corrected chi connectivity index (χ2v) is 23.3. The van der Waals surface area contributed by atoms with Crippen LogP contribution in [-0.2, 0) is 65.6 Å². The zero-order valence-corrected chi connectivity index (χ0v) is 53.2. The number of phenols is 1. The van der Waals surface area contributed by atoms with Crippen LogP contribution in [0.15, 0.2) is 54.7 Å². The molecule has 0 aliphatic carbocycles. The fourth-order valence-electron chi connectivity index (χ4n) is 10.1. The largest absolute Gasteiger partial charge is 0.508 e. The third-order valence-corrected chi connectivity index (χ3v) is 15.7. The van der Waals surface area contributed by atoms with Crippen LogP contribution >= 0.6 is 0 Å². The number of aromatic hydroxyl groups is 1. The highest BCUT2D eigenvalue weighted by molar-refractivity contribution is 5.99. The summed E-state index contributed by atoms with van der Waals surface area (Å²) in [7, 11) is 0. The average Bonchev–Trinajstić information content (AvgIpc) is 2.12. The van der Waals surface area contributed by atoms with Crippen LogP contribution in [0.3, 0.4) is 0 Å². The number of carboxylic acid groups (broad SMARTS) is 1. The van der Waals surface area contributed by atoms with E-state index in [1.54, 1.807) is 20.0 Å². The number of primary amides is 1. The fraction of sp³-hybridized carbons (Fsp3) is 0.603. The van der Waals surface area contributed by atoms with Gasteiger partial charge in [-0.1, -0.05) is 122 Å². The number of phenolic OH excluding ortho intramolecular Hbond substituents is 1. The van der Waals surface area contributed by atoms with Crippen LogP contribution in [0.1, 0.15) is 154 Å². The Morgan fingerprint density at radius 1 is 0.527 bits per heavy atom. The summed E-state index contributed by atoms with van der Waals surface area (Å²) in [5.74, 6) is -10.8. The summed E-state index contributed by atoms with van der Waals surface area (Å²) in [6.45, 7) is 5.81. The summed E-state index contributed by atoms with van der Waals surface area (Å²) in [4.78, 5) is 152. The Morgan fingerprint density at radius 3 is 1.60 bits per heavy atom. The Kier molecular flexibility index (Phi) is 35.5. The molecule has 0 saturated heterocycles. The van der Waals surface area contributed by atoms with E-state index in [2.05, 4.69) is 59.8 Å². The van der Waals surface area contributed by atoms with E-state index in [9.17, 15) is 63.0 Å². The Labute approximate surface area is 532 Å². The van der Waals surface area contributed by atoms with Gasteiger partial charge in [-0.2, -0.15) is 0 Å². The van der Waals surface area contributed by atoms with E-state index >= 15 is 0 Å². The van der Waals surface area contributed by atoms with E-state index in [0.717, 1.165) is 42.1 Å². The lowest BCUT2D eigenvalue weighted by molar-refractivity contribution is -0.142.